The Morgan fingerprint density at radius 2 is 1.72 bits per heavy atom. The summed E-state index contributed by atoms with van der Waals surface area (Å²) < 4.78 is 43.5. The number of nitrogens with one attached hydrogen (secondary N) is 1. The van der Waals surface area contributed by atoms with Crippen LogP contribution in [0.2, 0.25) is 0 Å². The van der Waals surface area contributed by atoms with Gasteiger partial charge in [-0.25, -0.2) is 4.52 Å². The molecule has 1 fully saturated rings. The minimum absolute atomic E-state index is 0.0627. The van der Waals surface area contributed by atoms with Crippen molar-refractivity contribution in [2.24, 2.45) is 5.73 Å². The lowest BCUT2D eigenvalue weighted by atomic mass is 10.0. The van der Waals surface area contributed by atoms with Crippen LogP contribution in [-0.2, 0) is 12.7 Å². The van der Waals surface area contributed by atoms with Crippen LogP contribution in [0, 0.1) is 18.8 Å². The van der Waals surface area contributed by atoms with Crippen molar-refractivity contribution in [1.29, 1.82) is 0 Å². The number of fused-ring (bicyclic) bond motifs is 1. The number of hydrogen-bond donors (Lipinski definition) is 2. The van der Waals surface area contributed by atoms with E-state index in [0.29, 0.717) is 18.7 Å². The first-order valence-corrected chi connectivity index (χ1v) is 14.1. The van der Waals surface area contributed by atoms with Crippen molar-refractivity contribution in [1.82, 2.24) is 24.4 Å². The van der Waals surface area contributed by atoms with Gasteiger partial charge in [-0.2, -0.15) is 18.3 Å². The van der Waals surface area contributed by atoms with Gasteiger partial charge < -0.3 is 16.0 Å². The van der Waals surface area contributed by atoms with Gasteiger partial charge in [0.2, 0.25) is 0 Å². The lowest BCUT2D eigenvalue weighted by molar-refractivity contribution is -0.138. The number of carbonyl (C=O) groups excluding carboxylic acids is 1. The van der Waals surface area contributed by atoms with E-state index in [1.54, 1.807) is 16.8 Å². The summed E-state index contributed by atoms with van der Waals surface area (Å²) in [6, 6.07) is 9.41. The highest BCUT2D eigenvalue weighted by atomic mass is 19.4. The average Bonchev–Trinajstić information content (AvgIpc) is 3.41. The molecule has 0 radical (unpaired) electrons. The molecule has 8 nitrogen and oxygen atoms in total. The van der Waals surface area contributed by atoms with Gasteiger partial charge >= 0.3 is 6.18 Å². The Balaban J connectivity index is 0.00000121. The summed E-state index contributed by atoms with van der Waals surface area (Å²) in [6.07, 6.45) is 1.85. The lowest BCUT2D eigenvalue weighted by Crippen LogP contribution is -2.44. The standard InChI is InChI=1S/C29H27F3N6O.C2H6.CH5N/c1-20-7-8-38-27(13-20)22(18-34-38)4-3-21-14-24(17-33-16-21)28(39)35-25-6-5-23(26(15-25)29(30,31)32)19-37-11-9-36(2)10-12-37;2*1-2/h5-8,13-18H,9-12,19H2,1-2H3,(H,35,39);1-2H3;2H2,1H3. The number of amides is 1. The van der Waals surface area contributed by atoms with E-state index in [1.807, 2.05) is 51.0 Å². The third-order valence-corrected chi connectivity index (χ3v) is 6.68. The molecule has 0 saturated carbocycles. The molecule has 3 N–H and O–H groups in total. The molecule has 0 spiro atoms. The maximum Gasteiger partial charge on any atom is 0.416 e. The summed E-state index contributed by atoms with van der Waals surface area (Å²) in [5.74, 6) is 5.48. The number of halogens is 3. The van der Waals surface area contributed by atoms with Crippen molar-refractivity contribution in [2.75, 3.05) is 45.6 Å². The minimum Gasteiger partial charge on any atom is -0.333 e. The first-order chi connectivity index (χ1) is 20.7. The minimum atomic E-state index is -4.55. The number of rotatable bonds is 4. The smallest absolute Gasteiger partial charge is 0.333 e. The Hall–Kier alpha value is -4.24. The topological polar surface area (TPSA) is 91.8 Å². The van der Waals surface area contributed by atoms with Gasteiger partial charge in [0.25, 0.3) is 5.91 Å². The zero-order chi connectivity index (χ0) is 31.6. The quantitative estimate of drug-likeness (QED) is 0.322. The SMILES string of the molecule is CC.CN.Cc1ccn2ncc(C#Cc3cncc(C(=O)Nc4ccc(CN5CCN(C)CC5)c(C(F)(F)F)c4)c3)c2c1. The molecule has 11 heteroatoms. The Morgan fingerprint density at radius 3 is 2.42 bits per heavy atom. The van der Waals surface area contributed by atoms with Gasteiger partial charge in [-0.15, -0.1) is 0 Å². The molecular weight excluding hydrogens is 555 g/mol. The van der Waals surface area contributed by atoms with E-state index < -0.39 is 17.6 Å². The third kappa shape index (κ3) is 8.88. The molecule has 1 aromatic carbocycles. The number of likely N-dealkylation sites (N-methyl/N-ethyl adjacent to an activating group) is 1. The molecular formula is C32H38F3N7O. The number of pyridine rings is 2. The van der Waals surface area contributed by atoms with E-state index in [2.05, 4.69) is 37.9 Å². The van der Waals surface area contributed by atoms with E-state index in [4.69, 9.17) is 0 Å². The van der Waals surface area contributed by atoms with Crippen LogP contribution in [0.4, 0.5) is 18.9 Å². The third-order valence-electron chi connectivity index (χ3n) is 6.68. The summed E-state index contributed by atoms with van der Waals surface area (Å²) in [5, 5.41) is 6.85. The first kappa shape index (κ1) is 33.3. The Bertz CT molecular complexity index is 1580. The Kier molecular flexibility index (Phi) is 11.8. The Morgan fingerprint density at radius 1 is 1.00 bits per heavy atom. The second-order valence-electron chi connectivity index (χ2n) is 9.71. The molecule has 0 bridgehead atoms. The number of nitrogens with two attached hydrogens (primary N) is 1. The van der Waals surface area contributed by atoms with Crippen LogP contribution >= 0.6 is 0 Å². The second kappa shape index (κ2) is 15.3. The normalized spacial score (nSPS) is 13.6. The number of carbonyl (C=O) groups is 1. The maximum absolute atomic E-state index is 13.9. The summed E-state index contributed by atoms with van der Waals surface area (Å²) in [5.41, 5.74) is 7.35. The van der Waals surface area contributed by atoms with E-state index in [-0.39, 0.29) is 23.4 Å². The highest BCUT2D eigenvalue weighted by Gasteiger charge is 2.34. The summed E-state index contributed by atoms with van der Waals surface area (Å²) in [4.78, 5) is 21.1. The van der Waals surface area contributed by atoms with Crippen LogP contribution in [0.1, 0.15) is 52.0 Å². The van der Waals surface area contributed by atoms with E-state index in [0.717, 1.165) is 35.8 Å². The number of anilines is 1. The summed E-state index contributed by atoms with van der Waals surface area (Å²) in [6.45, 7) is 9.21. The molecule has 1 amide bonds. The molecule has 1 saturated heterocycles. The van der Waals surface area contributed by atoms with Gasteiger partial charge in [-0.3, -0.25) is 14.7 Å². The molecule has 0 unspecified atom stereocenters. The monoisotopic (exact) mass is 593 g/mol. The van der Waals surface area contributed by atoms with Crippen LogP contribution in [0.25, 0.3) is 5.52 Å². The fourth-order valence-corrected chi connectivity index (χ4v) is 4.46. The largest absolute Gasteiger partial charge is 0.416 e. The van der Waals surface area contributed by atoms with E-state index >= 15 is 0 Å². The van der Waals surface area contributed by atoms with Crippen molar-refractivity contribution in [3.8, 4) is 11.8 Å². The van der Waals surface area contributed by atoms with Gasteiger partial charge in [-0.05, 0) is 62.5 Å². The summed E-state index contributed by atoms with van der Waals surface area (Å²) in [7, 11) is 3.50. The van der Waals surface area contributed by atoms with Crippen LogP contribution in [0.15, 0.2) is 61.2 Å². The van der Waals surface area contributed by atoms with Crippen LogP contribution in [0.5, 0.6) is 0 Å². The first-order valence-electron chi connectivity index (χ1n) is 14.1. The predicted octanol–water partition coefficient (Wildman–Crippen LogP) is 5.06. The molecule has 4 aromatic rings. The average molecular weight is 594 g/mol. The number of benzene rings is 1. The highest BCUT2D eigenvalue weighted by molar-refractivity contribution is 6.04. The number of alkyl halides is 3. The van der Waals surface area contributed by atoms with Crippen molar-refractivity contribution in [2.45, 2.75) is 33.5 Å². The molecule has 43 heavy (non-hydrogen) atoms. The maximum atomic E-state index is 13.9. The van der Waals surface area contributed by atoms with Crippen molar-refractivity contribution in [3.63, 3.8) is 0 Å². The number of aromatic nitrogens is 3. The second-order valence-corrected chi connectivity index (χ2v) is 9.71. The Labute approximate surface area is 250 Å². The van der Waals surface area contributed by atoms with Gasteiger partial charge in [0.1, 0.15) is 0 Å². The van der Waals surface area contributed by atoms with Crippen LogP contribution in [0.3, 0.4) is 0 Å². The van der Waals surface area contributed by atoms with Crippen molar-refractivity contribution < 1.29 is 18.0 Å². The van der Waals surface area contributed by atoms with Gasteiger partial charge in [-0.1, -0.05) is 31.8 Å². The van der Waals surface area contributed by atoms with Crippen molar-refractivity contribution >= 4 is 17.1 Å². The van der Waals surface area contributed by atoms with Gasteiger partial charge in [0.15, 0.2) is 0 Å². The molecule has 1 aliphatic heterocycles. The van der Waals surface area contributed by atoms with E-state index in [1.165, 1.54) is 31.6 Å². The molecule has 1 aliphatic rings. The fraction of sp³-hybridized carbons (Fsp3) is 0.344. The molecule has 5 rings (SSSR count). The molecule has 3 aromatic heterocycles. The highest BCUT2D eigenvalue weighted by Crippen LogP contribution is 2.34. The molecule has 0 aliphatic carbocycles. The summed E-state index contributed by atoms with van der Waals surface area (Å²) >= 11 is 0. The van der Waals surface area contributed by atoms with E-state index in [9.17, 15) is 18.0 Å². The fourth-order valence-electron chi connectivity index (χ4n) is 4.46. The number of aryl methyl sites for hydroxylation is 1. The zero-order valence-electron chi connectivity index (χ0n) is 25.2. The number of nitrogens with zero attached hydrogens (tertiary/aromatic N) is 5. The van der Waals surface area contributed by atoms with Crippen LogP contribution in [-0.4, -0.2) is 70.6 Å². The van der Waals surface area contributed by atoms with Crippen LogP contribution < -0.4 is 11.1 Å². The molecule has 4 heterocycles. The lowest BCUT2D eigenvalue weighted by Gasteiger charge is -2.33. The molecule has 228 valence electrons. The number of piperazine rings is 1. The predicted molar refractivity (Wildman–Crippen MR) is 164 cm³/mol. The molecule has 0 atom stereocenters. The zero-order valence-corrected chi connectivity index (χ0v) is 25.2. The number of hydrogen-bond acceptors (Lipinski definition) is 6. The van der Waals surface area contributed by atoms with Gasteiger partial charge in [0, 0.05) is 62.6 Å². The van der Waals surface area contributed by atoms with Crippen molar-refractivity contribution in [3.05, 3.63) is 94.6 Å². The van der Waals surface area contributed by atoms with Gasteiger partial charge in [0.05, 0.1) is 28.4 Å².